The quantitative estimate of drug-likeness (QED) is 0.170. The Labute approximate surface area is 207 Å². The Morgan fingerprint density at radius 3 is 1.34 bits per heavy atom. The van der Waals surface area contributed by atoms with E-state index in [1.807, 2.05) is 54.6 Å². The number of rotatable bonds is 16. The van der Waals surface area contributed by atoms with Gasteiger partial charge in [-0.05, 0) is 16.7 Å². The molecule has 186 valence electrons. The van der Waals surface area contributed by atoms with Crippen molar-refractivity contribution in [1.82, 2.24) is 0 Å². The Morgan fingerprint density at radius 1 is 0.571 bits per heavy atom. The zero-order valence-corrected chi connectivity index (χ0v) is 20.3. The third-order valence-corrected chi connectivity index (χ3v) is 5.51. The summed E-state index contributed by atoms with van der Waals surface area (Å²) in [6.07, 6.45) is 0.246. The average Bonchev–Trinajstić information content (AvgIpc) is 2.93. The highest BCUT2D eigenvalue weighted by atomic mass is 16.6. The average molecular weight is 479 g/mol. The molecule has 0 saturated carbocycles. The van der Waals surface area contributed by atoms with Crippen LogP contribution in [0.25, 0.3) is 0 Å². The van der Waals surface area contributed by atoms with Gasteiger partial charge in [-0.1, -0.05) is 91.0 Å². The lowest BCUT2D eigenvalue weighted by atomic mass is 9.80. The first-order chi connectivity index (χ1) is 17.3. The highest BCUT2D eigenvalue weighted by molar-refractivity contribution is 5.69. The van der Waals surface area contributed by atoms with Crippen LogP contribution in [-0.2, 0) is 34.1 Å². The van der Waals surface area contributed by atoms with E-state index in [9.17, 15) is 4.79 Å². The van der Waals surface area contributed by atoms with Gasteiger partial charge in [-0.25, -0.2) is 0 Å². The monoisotopic (exact) mass is 478 g/mol. The summed E-state index contributed by atoms with van der Waals surface area (Å²) < 4.78 is 27.8. The Kier molecular flexibility index (Phi) is 11.4. The Balaban J connectivity index is 1.51. The summed E-state index contributed by atoms with van der Waals surface area (Å²) in [5.74, 6) is -0.280. The van der Waals surface area contributed by atoms with Gasteiger partial charge in [0.15, 0.2) is 0 Å². The molecular weight excluding hydrogens is 444 g/mol. The van der Waals surface area contributed by atoms with Crippen molar-refractivity contribution in [2.75, 3.05) is 53.4 Å². The Morgan fingerprint density at radius 2 is 0.943 bits per heavy atom. The third kappa shape index (κ3) is 8.01. The molecule has 0 atom stereocenters. The van der Waals surface area contributed by atoms with Crippen molar-refractivity contribution in [2.45, 2.75) is 12.0 Å². The zero-order chi connectivity index (χ0) is 24.6. The maximum absolute atomic E-state index is 11.0. The van der Waals surface area contributed by atoms with E-state index < -0.39 is 5.60 Å². The molecule has 0 unspecified atom stereocenters. The largest absolute Gasteiger partial charge is 0.469 e. The minimum Gasteiger partial charge on any atom is -0.469 e. The molecule has 3 aromatic rings. The Hall–Kier alpha value is -3.03. The van der Waals surface area contributed by atoms with Gasteiger partial charge in [-0.2, -0.15) is 0 Å². The van der Waals surface area contributed by atoms with E-state index in [-0.39, 0.29) is 12.4 Å². The number of methoxy groups -OCH3 is 1. The van der Waals surface area contributed by atoms with E-state index in [2.05, 4.69) is 41.1 Å². The fourth-order valence-corrected chi connectivity index (χ4v) is 3.82. The normalized spacial score (nSPS) is 11.3. The molecule has 3 rings (SSSR count). The van der Waals surface area contributed by atoms with Gasteiger partial charge < -0.3 is 23.7 Å². The molecular formula is C29H34O6. The fraction of sp³-hybridized carbons (Fsp3) is 0.345. The van der Waals surface area contributed by atoms with Crippen molar-refractivity contribution in [2.24, 2.45) is 0 Å². The highest BCUT2D eigenvalue weighted by Gasteiger charge is 2.37. The van der Waals surface area contributed by atoms with E-state index in [1.54, 1.807) is 0 Å². The molecule has 0 fully saturated rings. The van der Waals surface area contributed by atoms with Crippen LogP contribution in [0.15, 0.2) is 91.0 Å². The van der Waals surface area contributed by atoms with Gasteiger partial charge in [-0.3, -0.25) is 4.79 Å². The summed E-state index contributed by atoms with van der Waals surface area (Å²) in [6, 6.07) is 30.8. The first-order valence-electron chi connectivity index (χ1n) is 11.9. The number of hydrogen-bond donors (Lipinski definition) is 0. The number of hydrogen-bond acceptors (Lipinski definition) is 6. The smallest absolute Gasteiger partial charge is 0.307 e. The molecule has 0 amide bonds. The first kappa shape index (κ1) is 26.6. The molecule has 35 heavy (non-hydrogen) atoms. The van der Waals surface area contributed by atoms with Crippen LogP contribution in [0.4, 0.5) is 0 Å². The van der Waals surface area contributed by atoms with E-state index in [1.165, 1.54) is 7.11 Å². The number of ether oxygens (including phenoxy) is 5. The van der Waals surface area contributed by atoms with Crippen LogP contribution in [0.1, 0.15) is 23.1 Å². The molecule has 0 heterocycles. The fourth-order valence-electron chi connectivity index (χ4n) is 3.82. The molecule has 3 aromatic carbocycles. The van der Waals surface area contributed by atoms with Crippen molar-refractivity contribution in [1.29, 1.82) is 0 Å². The predicted octanol–water partition coefficient (Wildman–Crippen LogP) is 4.61. The topological polar surface area (TPSA) is 63.2 Å². The lowest BCUT2D eigenvalue weighted by Gasteiger charge is -2.36. The van der Waals surface area contributed by atoms with Crippen LogP contribution in [0, 0.1) is 0 Å². The number of carbonyl (C=O) groups excluding carboxylic acids is 1. The van der Waals surface area contributed by atoms with Gasteiger partial charge in [0, 0.05) is 0 Å². The third-order valence-electron chi connectivity index (χ3n) is 5.51. The number of esters is 1. The van der Waals surface area contributed by atoms with E-state index >= 15 is 0 Å². The molecule has 0 N–H and O–H groups in total. The van der Waals surface area contributed by atoms with Gasteiger partial charge in [0.05, 0.1) is 59.8 Å². The van der Waals surface area contributed by atoms with Crippen molar-refractivity contribution in [3.8, 4) is 0 Å². The molecule has 0 aliphatic rings. The molecule has 0 aliphatic heterocycles. The van der Waals surface area contributed by atoms with Gasteiger partial charge in [-0.15, -0.1) is 0 Å². The molecule has 0 saturated heterocycles. The highest BCUT2D eigenvalue weighted by Crippen LogP contribution is 2.40. The second-order valence-corrected chi connectivity index (χ2v) is 7.79. The van der Waals surface area contributed by atoms with E-state index in [0.29, 0.717) is 46.2 Å². The van der Waals surface area contributed by atoms with Crippen molar-refractivity contribution < 1.29 is 28.5 Å². The maximum atomic E-state index is 11.0. The van der Waals surface area contributed by atoms with Gasteiger partial charge in [0.2, 0.25) is 0 Å². The lowest BCUT2D eigenvalue weighted by Crippen LogP contribution is -2.34. The van der Waals surface area contributed by atoms with Crippen LogP contribution in [0.5, 0.6) is 0 Å². The van der Waals surface area contributed by atoms with Crippen molar-refractivity contribution in [3.05, 3.63) is 108 Å². The minimum atomic E-state index is -0.745. The standard InChI is InChI=1S/C29H34O6/c1-31-28(30)17-18-32-19-20-33-21-22-34-23-24-35-29(25-11-5-2-6-12-25,26-13-7-3-8-14-26)27-15-9-4-10-16-27/h2-16H,17-24H2,1H3. The molecule has 0 bridgehead atoms. The van der Waals surface area contributed by atoms with E-state index in [0.717, 1.165) is 16.7 Å². The second kappa shape index (κ2) is 15.1. The summed E-state index contributed by atoms with van der Waals surface area (Å²) in [7, 11) is 1.36. The lowest BCUT2D eigenvalue weighted by molar-refractivity contribution is -0.141. The molecule has 0 aromatic heterocycles. The second-order valence-electron chi connectivity index (χ2n) is 7.79. The molecule has 0 aliphatic carbocycles. The summed E-state index contributed by atoms with van der Waals surface area (Å²) >= 11 is 0. The molecule has 6 heteroatoms. The van der Waals surface area contributed by atoms with Gasteiger partial charge in [0.1, 0.15) is 5.60 Å². The summed E-state index contributed by atoms with van der Waals surface area (Å²) in [4.78, 5) is 11.0. The predicted molar refractivity (Wildman–Crippen MR) is 134 cm³/mol. The summed E-state index contributed by atoms with van der Waals surface area (Å²) in [5.41, 5.74) is 2.44. The van der Waals surface area contributed by atoms with Crippen molar-refractivity contribution in [3.63, 3.8) is 0 Å². The number of benzene rings is 3. The summed E-state index contributed by atoms with van der Waals surface area (Å²) in [5, 5.41) is 0. The minimum absolute atomic E-state index is 0.246. The van der Waals surface area contributed by atoms with Crippen LogP contribution < -0.4 is 0 Å². The number of carbonyl (C=O) groups is 1. The Bertz CT molecular complexity index is 866. The van der Waals surface area contributed by atoms with Crippen LogP contribution in [0.2, 0.25) is 0 Å². The molecule has 0 radical (unpaired) electrons. The van der Waals surface area contributed by atoms with Crippen LogP contribution in [-0.4, -0.2) is 59.3 Å². The molecule has 6 nitrogen and oxygen atoms in total. The zero-order valence-electron chi connectivity index (χ0n) is 20.3. The van der Waals surface area contributed by atoms with Crippen molar-refractivity contribution >= 4 is 5.97 Å². The van der Waals surface area contributed by atoms with Gasteiger partial charge >= 0.3 is 5.97 Å². The maximum Gasteiger partial charge on any atom is 0.307 e. The first-order valence-corrected chi connectivity index (χ1v) is 11.9. The summed E-state index contributed by atoms with van der Waals surface area (Å²) in [6.45, 7) is 2.97. The van der Waals surface area contributed by atoms with Gasteiger partial charge in [0.25, 0.3) is 0 Å². The molecule has 0 spiro atoms. The van der Waals surface area contributed by atoms with E-state index in [4.69, 9.17) is 18.9 Å². The van der Waals surface area contributed by atoms with Crippen LogP contribution >= 0.6 is 0 Å². The van der Waals surface area contributed by atoms with Crippen LogP contribution in [0.3, 0.4) is 0 Å². The SMILES string of the molecule is COC(=O)CCOCCOCCOCCOC(c1ccccc1)(c1ccccc1)c1ccccc1.